The van der Waals surface area contributed by atoms with Crippen LogP contribution in [0, 0.1) is 5.41 Å². The van der Waals surface area contributed by atoms with E-state index in [4.69, 9.17) is 4.74 Å². The normalized spacial score (nSPS) is 25.6. The van der Waals surface area contributed by atoms with Crippen LogP contribution in [0.2, 0.25) is 0 Å². The summed E-state index contributed by atoms with van der Waals surface area (Å²) in [6.07, 6.45) is 2.70. The van der Waals surface area contributed by atoms with Crippen LogP contribution in [0.3, 0.4) is 0 Å². The Hall–Kier alpha value is -2.09. The molecular weight excluding hydrogens is 332 g/mol. The minimum Gasteiger partial charge on any atom is -0.383 e. The van der Waals surface area contributed by atoms with E-state index in [0.29, 0.717) is 31.7 Å². The molecule has 1 spiro atoms. The summed E-state index contributed by atoms with van der Waals surface area (Å²) >= 11 is 0. The van der Waals surface area contributed by atoms with Gasteiger partial charge in [0.05, 0.1) is 18.6 Å². The van der Waals surface area contributed by atoms with Crippen molar-refractivity contribution in [2.45, 2.75) is 18.8 Å². The maximum Gasteiger partial charge on any atom is 0.266 e. The van der Waals surface area contributed by atoms with Crippen LogP contribution in [0.4, 0.5) is 8.78 Å². The van der Waals surface area contributed by atoms with Crippen LogP contribution in [-0.4, -0.2) is 72.4 Å². The van der Waals surface area contributed by atoms with Gasteiger partial charge in [-0.05, 0) is 18.6 Å². The highest BCUT2D eigenvalue weighted by molar-refractivity contribution is 5.95. The standard InChI is InChI=1S/C17H21F2N3O3/c1-25-9-8-21-7-4-16(15(21)24)10-17(18,19)12-22(11-16)14(23)13-2-5-20-6-3-13/h2-3,5-6H,4,7-12H2,1H3/t16-/m0/s1. The SMILES string of the molecule is COCCN1CC[C@]2(CN(C(=O)c3ccncc3)CC(F)(F)C2)C1=O. The highest BCUT2D eigenvalue weighted by Gasteiger charge is 2.57. The molecule has 8 heteroatoms. The number of carbonyl (C=O) groups is 2. The smallest absolute Gasteiger partial charge is 0.266 e. The Morgan fingerprint density at radius 3 is 2.72 bits per heavy atom. The molecule has 1 aromatic heterocycles. The van der Waals surface area contributed by atoms with Gasteiger partial charge in [0, 0.05) is 51.1 Å². The van der Waals surface area contributed by atoms with Gasteiger partial charge in [-0.25, -0.2) is 8.78 Å². The molecule has 2 aliphatic heterocycles. The largest absolute Gasteiger partial charge is 0.383 e. The third-order valence-electron chi connectivity index (χ3n) is 4.89. The monoisotopic (exact) mass is 353 g/mol. The van der Waals surface area contributed by atoms with E-state index in [1.54, 1.807) is 4.90 Å². The van der Waals surface area contributed by atoms with Crippen LogP contribution in [0.25, 0.3) is 0 Å². The number of amides is 2. The number of piperidine rings is 1. The maximum absolute atomic E-state index is 14.4. The second-order valence-electron chi connectivity index (χ2n) is 6.75. The molecule has 0 aromatic carbocycles. The molecular formula is C17H21F2N3O3. The molecule has 2 saturated heterocycles. The molecule has 0 saturated carbocycles. The second kappa shape index (κ2) is 6.67. The third kappa shape index (κ3) is 3.49. The first-order valence-corrected chi connectivity index (χ1v) is 8.22. The average molecular weight is 353 g/mol. The van der Waals surface area contributed by atoms with Gasteiger partial charge in [0.25, 0.3) is 11.8 Å². The van der Waals surface area contributed by atoms with Gasteiger partial charge in [0.2, 0.25) is 5.91 Å². The summed E-state index contributed by atoms with van der Waals surface area (Å²) in [6.45, 7) is 0.502. The van der Waals surface area contributed by atoms with E-state index in [9.17, 15) is 18.4 Å². The van der Waals surface area contributed by atoms with Crippen molar-refractivity contribution in [3.8, 4) is 0 Å². The number of aromatic nitrogens is 1. The molecule has 1 aromatic rings. The average Bonchev–Trinajstić information content (AvgIpc) is 2.87. The van der Waals surface area contributed by atoms with Crippen LogP contribution in [0.1, 0.15) is 23.2 Å². The van der Waals surface area contributed by atoms with Gasteiger partial charge >= 0.3 is 0 Å². The minimum absolute atomic E-state index is 0.0199. The van der Waals surface area contributed by atoms with E-state index in [1.807, 2.05) is 0 Å². The lowest BCUT2D eigenvalue weighted by Gasteiger charge is -2.42. The predicted molar refractivity (Wildman–Crippen MR) is 85.2 cm³/mol. The molecule has 25 heavy (non-hydrogen) atoms. The zero-order chi connectivity index (χ0) is 18.1. The highest BCUT2D eigenvalue weighted by atomic mass is 19.3. The Kier molecular flexibility index (Phi) is 4.73. The van der Waals surface area contributed by atoms with Crippen LogP contribution in [-0.2, 0) is 9.53 Å². The van der Waals surface area contributed by atoms with Crippen molar-refractivity contribution in [3.63, 3.8) is 0 Å². The van der Waals surface area contributed by atoms with E-state index in [-0.39, 0.29) is 12.5 Å². The molecule has 0 aliphatic carbocycles. The van der Waals surface area contributed by atoms with Gasteiger partial charge in [-0.3, -0.25) is 14.6 Å². The summed E-state index contributed by atoms with van der Waals surface area (Å²) in [5.74, 6) is -3.89. The Morgan fingerprint density at radius 1 is 1.32 bits per heavy atom. The number of pyridine rings is 1. The van der Waals surface area contributed by atoms with Gasteiger partial charge in [0.1, 0.15) is 0 Å². The molecule has 2 amide bonds. The molecule has 0 N–H and O–H groups in total. The van der Waals surface area contributed by atoms with Crippen molar-refractivity contribution >= 4 is 11.8 Å². The molecule has 0 unspecified atom stereocenters. The first-order valence-electron chi connectivity index (χ1n) is 8.22. The molecule has 6 nitrogen and oxygen atoms in total. The number of alkyl halides is 2. The number of halogens is 2. The van der Waals surface area contributed by atoms with E-state index < -0.39 is 30.2 Å². The van der Waals surface area contributed by atoms with Crippen molar-refractivity contribution in [3.05, 3.63) is 30.1 Å². The zero-order valence-electron chi connectivity index (χ0n) is 14.1. The van der Waals surface area contributed by atoms with Gasteiger partial charge in [0.15, 0.2) is 0 Å². The lowest BCUT2D eigenvalue weighted by atomic mass is 9.76. The molecule has 136 valence electrons. The molecule has 2 fully saturated rings. The number of nitrogens with zero attached hydrogens (tertiary/aromatic N) is 3. The van der Waals surface area contributed by atoms with Crippen molar-refractivity contribution in [2.24, 2.45) is 5.41 Å². The molecule has 0 bridgehead atoms. The highest BCUT2D eigenvalue weighted by Crippen LogP contribution is 2.45. The Balaban J connectivity index is 1.82. The molecule has 0 radical (unpaired) electrons. The van der Waals surface area contributed by atoms with Gasteiger partial charge in [-0.1, -0.05) is 0 Å². The Bertz CT molecular complexity index is 656. The van der Waals surface area contributed by atoms with Gasteiger partial charge in [-0.2, -0.15) is 0 Å². The quantitative estimate of drug-likeness (QED) is 0.822. The number of likely N-dealkylation sites (tertiary alicyclic amines) is 2. The van der Waals surface area contributed by atoms with Crippen molar-refractivity contribution < 1.29 is 23.1 Å². The van der Waals surface area contributed by atoms with E-state index in [1.165, 1.54) is 31.6 Å². The number of carbonyl (C=O) groups excluding carboxylic acids is 2. The lowest BCUT2D eigenvalue weighted by Crippen LogP contribution is -2.57. The summed E-state index contributed by atoms with van der Waals surface area (Å²) in [5.41, 5.74) is -0.914. The molecule has 1 atom stereocenters. The second-order valence-corrected chi connectivity index (χ2v) is 6.75. The van der Waals surface area contributed by atoms with E-state index in [2.05, 4.69) is 4.98 Å². The number of hydrogen-bond donors (Lipinski definition) is 0. The summed E-state index contributed by atoms with van der Waals surface area (Å²) < 4.78 is 33.7. The lowest BCUT2D eigenvalue weighted by molar-refractivity contribution is -0.151. The summed E-state index contributed by atoms with van der Waals surface area (Å²) in [7, 11) is 1.53. The number of ether oxygens (including phenoxy) is 1. The van der Waals surface area contributed by atoms with Crippen LogP contribution in [0.5, 0.6) is 0 Å². The fourth-order valence-electron chi connectivity index (χ4n) is 3.75. The molecule has 2 aliphatic rings. The third-order valence-corrected chi connectivity index (χ3v) is 4.89. The van der Waals surface area contributed by atoms with Crippen LogP contribution >= 0.6 is 0 Å². The van der Waals surface area contributed by atoms with E-state index in [0.717, 1.165) is 4.90 Å². The number of rotatable bonds is 4. The zero-order valence-corrected chi connectivity index (χ0v) is 14.1. The van der Waals surface area contributed by atoms with Crippen LogP contribution < -0.4 is 0 Å². The topological polar surface area (TPSA) is 62.7 Å². The molecule has 3 rings (SSSR count). The predicted octanol–water partition coefficient (Wildman–Crippen LogP) is 1.43. The maximum atomic E-state index is 14.4. The molecule has 3 heterocycles. The summed E-state index contributed by atoms with van der Waals surface area (Å²) in [4.78, 5) is 31.9. The van der Waals surface area contributed by atoms with Crippen LogP contribution in [0.15, 0.2) is 24.5 Å². The Labute approximate surface area is 144 Å². The Morgan fingerprint density at radius 2 is 2.04 bits per heavy atom. The first-order chi connectivity index (χ1) is 11.9. The summed E-state index contributed by atoms with van der Waals surface area (Å²) in [5, 5.41) is 0. The number of methoxy groups -OCH3 is 1. The van der Waals surface area contributed by atoms with Crippen molar-refractivity contribution in [1.29, 1.82) is 0 Å². The minimum atomic E-state index is -3.09. The first kappa shape index (κ1) is 17.7. The summed E-state index contributed by atoms with van der Waals surface area (Å²) in [6, 6.07) is 2.98. The van der Waals surface area contributed by atoms with Gasteiger partial charge < -0.3 is 14.5 Å². The van der Waals surface area contributed by atoms with Gasteiger partial charge in [-0.15, -0.1) is 0 Å². The van der Waals surface area contributed by atoms with Crippen molar-refractivity contribution in [2.75, 3.05) is 39.9 Å². The fourth-order valence-corrected chi connectivity index (χ4v) is 3.75. The van der Waals surface area contributed by atoms with E-state index >= 15 is 0 Å². The number of hydrogen-bond acceptors (Lipinski definition) is 4. The van der Waals surface area contributed by atoms with Crippen molar-refractivity contribution in [1.82, 2.24) is 14.8 Å². The fraction of sp³-hybridized carbons (Fsp3) is 0.588.